The second-order valence-corrected chi connectivity index (χ2v) is 5.16. The van der Waals surface area contributed by atoms with Crippen LogP contribution in [-0.4, -0.2) is 38.9 Å². The van der Waals surface area contributed by atoms with E-state index in [4.69, 9.17) is 10.5 Å². The number of aromatic nitrogens is 2. The van der Waals surface area contributed by atoms with Crippen LogP contribution in [0.25, 0.3) is 0 Å². The van der Waals surface area contributed by atoms with Crippen LogP contribution < -0.4 is 11.1 Å². The fourth-order valence-electron chi connectivity index (χ4n) is 1.98. The minimum Gasteiger partial charge on any atom is -0.445 e. The molecular weight excluding hydrogens is 312 g/mol. The van der Waals surface area contributed by atoms with Crippen LogP contribution in [0, 0.1) is 0 Å². The fraction of sp³-hybridized carbons (Fsp3) is 0.312. The number of carbonyl (C=O) groups excluding carboxylic acids is 1. The first-order valence-corrected chi connectivity index (χ1v) is 7.44. The van der Waals surface area contributed by atoms with Gasteiger partial charge < -0.3 is 26.0 Å². The van der Waals surface area contributed by atoms with Crippen molar-refractivity contribution >= 4 is 12.0 Å². The van der Waals surface area contributed by atoms with Crippen LogP contribution >= 0.6 is 0 Å². The quantitative estimate of drug-likeness (QED) is 0.589. The zero-order chi connectivity index (χ0) is 17.4. The number of nitrogens with two attached hydrogens (primary N) is 1. The van der Waals surface area contributed by atoms with Gasteiger partial charge in [-0.15, -0.1) is 0 Å². The molecular formula is C16H20N4O4. The maximum atomic E-state index is 11.6. The van der Waals surface area contributed by atoms with E-state index in [2.05, 4.69) is 15.3 Å². The molecule has 0 radical (unpaired) electrons. The van der Waals surface area contributed by atoms with Crippen molar-refractivity contribution in [1.82, 2.24) is 15.3 Å². The summed E-state index contributed by atoms with van der Waals surface area (Å²) in [5.41, 5.74) is 6.59. The lowest BCUT2D eigenvalue weighted by molar-refractivity contribution is 0.0132. The van der Waals surface area contributed by atoms with E-state index in [1.807, 2.05) is 30.3 Å². The molecule has 0 aliphatic carbocycles. The summed E-state index contributed by atoms with van der Waals surface area (Å²) in [5.74, 6) is 0.0864. The lowest BCUT2D eigenvalue weighted by Gasteiger charge is -2.17. The van der Waals surface area contributed by atoms with Gasteiger partial charge in [0.2, 0.25) is 5.95 Å². The van der Waals surface area contributed by atoms with Gasteiger partial charge in [-0.2, -0.15) is 0 Å². The van der Waals surface area contributed by atoms with Crippen LogP contribution in [0.1, 0.15) is 23.7 Å². The number of anilines is 1. The maximum absolute atomic E-state index is 11.6. The number of aliphatic hydroxyl groups excluding tert-OH is 2. The molecule has 2 aromatic rings. The first kappa shape index (κ1) is 17.6. The number of rotatable bonds is 7. The summed E-state index contributed by atoms with van der Waals surface area (Å²) < 4.78 is 5.04. The molecule has 2 atom stereocenters. The number of nitrogen functional groups attached to an aromatic ring is 1. The van der Waals surface area contributed by atoms with Crippen LogP contribution in [0.4, 0.5) is 10.7 Å². The minimum absolute atomic E-state index is 0.0864. The molecule has 24 heavy (non-hydrogen) atoms. The Kier molecular flexibility index (Phi) is 6.47. The van der Waals surface area contributed by atoms with E-state index in [1.165, 1.54) is 12.4 Å². The molecule has 2 unspecified atom stereocenters. The highest BCUT2D eigenvalue weighted by Gasteiger charge is 2.19. The molecule has 1 heterocycles. The number of aliphatic hydroxyl groups is 2. The highest BCUT2D eigenvalue weighted by Crippen LogP contribution is 2.17. The fourth-order valence-corrected chi connectivity index (χ4v) is 1.98. The molecule has 8 heteroatoms. The van der Waals surface area contributed by atoms with E-state index < -0.39 is 18.3 Å². The third kappa shape index (κ3) is 5.49. The van der Waals surface area contributed by atoms with E-state index in [1.54, 1.807) is 0 Å². The van der Waals surface area contributed by atoms with Crippen LogP contribution in [0.5, 0.6) is 0 Å². The number of nitrogens with zero attached hydrogens (tertiary/aromatic N) is 2. The Balaban J connectivity index is 1.68. The van der Waals surface area contributed by atoms with Crippen molar-refractivity contribution in [2.45, 2.75) is 25.2 Å². The maximum Gasteiger partial charge on any atom is 0.407 e. The monoisotopic (exact) mass is 332 g/mol. The summed E-state index contributed by atoms with van der Waals surface area (Å²) >= 11 is 0. The van der Waals surface area contributed by atoms with Gasteiger partial charge in [0.25, 0.3) is 0 Å². The largest absolute Gasteiger partial charge is 0.445 e. The van der Waals surface area contributed by atoms with Crippen LogP contribution in [-0.2, 0) is 11.3 Å². The molecule has 8 nitrogen and oxygen atoms in total. The Bertz CT molecular complexity index is 636. The summed E-state index contributed by atoms with van der Waals surface area (Å²) in [5, 5.41) is 22.4. The van der Waals surface area contributed by atoms with Gasteiger partial charge >= 0.3 is 6.09 Å². The summed E-state index contributed by atoms with van der Waals surface area (Å²) in [6.45, 7) is 0.322. The third-order valence-corrected chi connectivity index (χ3v) is 3.32. The average molecular weight is 332 g/mol. The van der Waals surface area contributed by atoms with Crippen molar-refractivity contribution in [3.05, 3.63) is 53.9 Å². The van der Waals surface area contributed by atoms with Gasteiger partial charge in [0.15, 0.2) is 0 Å². The first-order chi connectivity index (χ1) is 11.6. The average Bonchev–Trinajstić information content (AvgIpc) is 2.61. The molecule has 0 spiro atoms. The predicted octanol–water partition coefficient (Wildman–Crippen LogP) is 0.770. The molecule has 1 aromatic carbocycles. The lowest BCUT2D eigenvalue weighted by atomic mass is 10.1. The molecule has 1 amide bonds. The van der Waals surface area contributed by atoms with Crippen LogP contribution in [0.2, 0.25) is 0 Å². The predicted molar refractivity (Wildman–Crippen MR) is 86.7 cm³/mol. The molecule has 128 valence electrons. The summed E-state index contributed by atoms with van der Waals surface area (Å²) in [6.07, 6.45) is 0.0115. The Morgan fingerprint density at radius 1 is 1.21 bits per heavy atom. The van der Waals surface area contributed by atoms with E-state index in [-0.39, 0.29) is 25.5 Å². The van der Waals surface area contributed by atoms with Gasteiger partial charge in [-0.25, -0.2) is 14.8 Å². The number of alkyl carbamates (subject to hydrolysis) is 1. The van der Waals surface area contributed by atoms with Crippen molar-refractivity contribution in [2.24, 2.45) is 0 Å². The van der Waals surface area contributed by atoms with Crippen molar-refractivity contribution in [3.8, 4) is 0 Å². The normalized spacial score (nSPS) is 13.1. The molecule has 0 saturated carbocycles. The molecule has 5 N–H and O–H groups in total. The van der Waals surface area contributed by atoms with Gasteiger partial charge in [-0.05, 0) is 12.0 Å². The van der Waals surface area contributed by atoms with Gasteiger partial charge in [0, 0.05) is 24.5 Å². The Morgan fingerprint density at radius 3 is 2.54 bits per heavy atom. The number of ether oxygens (including phenoxy) is 1. The topological polar surface area (TPSA) is 131 Å². The smallest absolute Gasteiger partial charge is 0.407 e. The number of carbonyl (C=O) groups is 1. The molecule has 0 fully saturated rings. The minimum atomic E-state index is -1.16. The molecule has 0 bridgehead atoms. The third-order valence-electron chi connectivity index (χ3n) is 3.32. The second kappa shape index (κ2) is 8.80. The number of benzene rings is 1. The highest BCUT2D eigenvalue weighted by atomic mass is 16.5. The van der Waals surface area contributed by atoms with E-state index in [9.17, 15) is 15.0 Å². The van der Waals surface area contributed by atoms with E-state index >= 15 is 0 Å². The molecule has 2 rings (SSSR count). The van der Waals surface area contributed by atoms with Gasteiger partial charge in [0.05, 0.1) is 6.10 Å². The Morgan fingerprint density at radius 2 is 1.88 bits per heavy atom. The van der Waals surface area contributed by atoms with Gasteiger partial charge in [0.1, 0.15) is 12.7 Å². The Labute approximate surface area is 139 Å². The van der Waals surface area contributed by atoms with Crippen LogP contribution in [0.3, 0.4) is 0 Å². The zero-order valence-electron chi connectivity index (χ0n) is 13.0. The summed E-state index contributed by atoms with van der Waals surface area (Å²) in [4.78, 5) is 19.1. The highest BCUT2D eigenvalue weighted by molar-refractivity contribution is 5.67. The number of amides is 1. The standard InChI is InChI=1S/C16H20N4O4/c17-15-19-8-12(9-20-15)14(22)13(21)6-7-18-16(23)24-10-11-4-2-1-3-5-11/h1-5,8-9,13-14,21-22H,6-7,10H2,(H,18,23)(H2,17,19,20). The van der Waals surface area contributed by atoms with Crippen molar-refractivity contribution in [1.29, 1.82) is 0 Å². The van der Waals surface area contributed by atoms with Crippen molar-refractivity contribution in [3.63, 3.8) is 0 Å². The molecule has 0 saturated heterocycles. The van der Waals surface area contributed by atoms with E-state index in [0.717, 1.165) is 5.56 Å². The van der Waals surface area contributed by atoms with Crippen molar-refractivity contribution in [2.75, 3.05) is 12.3 Å². The molecule has 0 aliphatic rings. The van der Waals surface area contributed by atoms with Crippen LogP contribution in [0.15, 0.2) is 42.7 Å². The number of hydrogen-bond donors (Lipinski definition) is 4. The van der Waals surface area contributed by atoms with Crippen molar-refractivity contribution < 1.29 is 19.7 Å². The molecule has 0 aliphatic heterocycles. The van der Waals surface area contributed by atoms with Gasteiger partial charge in [-0.3, -0.25) is 0 Å². The number of hydrogen-bond acceptors (Lipinski definition) is 7. The summed E-state index contributed by atoms with van der Waals surface area (Å²) in [7, 11) is 0. The van der Waals surface area contributed by atoms with Gasteiger partial charge in [-0.1, -0.05) is 30.3 Å². The molecule has 1 aromatic heterocycles. The summed E-state index contributed by atoms with van der Waals surface area (Å²) in [6, 6.07) is 9.29. The first-order valence-electron chi connectivity index (χ1n) is 7.44. The second-order valence-electron chi connectivity index (χ2n) is 5.16. The Hall–Kier alpha value is -2.71. The zero-order valence-corrected chi connectivity index (χ0v) is 13.0. The van der Waals surface area contributed by atoms with E-state index in [0.29, 0.717) is 5.56 Å². The SMILES string of the molecule is Nc1ncc(C(O)C(O)CCNC(=O)OCc2ccccc2)cn1. The number of nitrogens with one attached hydrogen (secondary N) is 1. The lowest BCUT2D eigenvalue weighted by Crippen LogP contribution is -2.29.